The molecule has 1 saturated carbocycles. The monoisotopic (exact) mass is 354 g/mol. The maximum absolute atomic E-state index is 5.89. The summed E-state index contributed by atoms with van der Waals surface area (Å²) in [6, 6.07) is 8.94. The van der Waals surface area contributed by atoms with Crippen LogP contribution in [-0.2, 0) is 11.2 Å². The Morgan fingerprint density at radius 1 is 1.35 bits per heavy atom. The van der Waals surface area contributed by atoms with Crippen LogP contribution in [0, 0.1) is 18.3 Å². The highest BCUT2D eigenvalue weighted by atomic mass is 16.5. The van der Waals surface area contributed by atoms with Crippen molar-refractivity contribution in [3.63, 3.8) is 0 Å². The number of fused-ring (bicyclic) bond motifs is 2. The zero-order valence-corrected chi connectivity index (χ0v) is 16.2. The molecule has 1 saturated heterocycles. The lowest BCUT2D eigenvalue weighted by molar-refractivity contribution is -0.106. The van der Waals surface area contributed by atoms with Crippen molar-refractivity contribution in [1.82, 2.24) is 15.6 Å². The van der Waals surface area contributed by atoms with Gasteiger partial charge in [-0.25, -0.2) is 0 Å². The lowest BCUT2D eigenvalue weighted by Crippen LogP contribution is -2.68. The molecule has 3 atom stereocenters. The van der Waals surface area contributed by atoms with Crippen LogP contribution in [0.1, 0.15) is 31.5 Å². The smallest absolute Gasteiger partial charge is 0.191 e. The Morgan fingerprint density at radius 2 is 2.15 bits per heavy atom. The number of aliphatic imine (C=N–C) groups is 1. The molecule has 0 spiro atoms. The summed E-state index contributed by atoms with van der Waals surface area (Å²) < 4.78 is 5.89. The summed E-state index contributed by atoms with van der Waals surface area (Å²) in [5.41, 5.74) is 4.01. The van der Waals surface area contributed by atoms with E-state index in [-0.39, 0.29) is 5.41 Å². The summed E-state index contributed by atoms with van der Waals surface area (Å²) in [7, 11) is 1.85. The second-order valence-corrected chi connectivity index (χ2v) is 8.21. The van der Waals surface area contributed by atoms with Gasteiger partial charge in [-0.15, -0.1) is 0 Å². The van der Waals surface area contributed by atoms with Gasteiger partial charge in [0.25, 0.3) is 0 Å². The molecule has 2 heterocycles. The van der Waals surface area contributed by atoms with E-state index in [2.05, 4.69) is 65.6 Å². The first kappa shape index (κ1) is 17.4. The van der Waals surface area contributed by atoms with E-state index < -0.39 is 0 Å². The first-order valence-electron chi connectivity index (χ1n) is 9.67. The van der Waals surface area contributed by atoms with Gasteiger partial charge in [0.15, 0.2) is 5.96 Å². The van der Waals surface area contributed by atoms with Gasteiger partial charge in [-0.05, 0) is 31.4 Å². The first-order valence-corrected chi connectivity index (χ1v) is 9.67. The molecule has 0 radical (unpaired) electrons. The third-order valence-corrected chi connectivity index (χ3v) is 6.31. The van der Waals surface area contributed by atoms with Gasteiger partial charge < -0.3 is 20.4 Å². The van der Waals surface area contributed by atoms with Gasteiger partial charge in [0.05, 0.1) is 6.10 Å². The maximum atomic E-state index is 5.89. The van der Waals surface area contributed by atoms with E-state index in [1.807, 2.05) is 7.05 Å². The van der Waals surface area contributed by atoms with Crippen LogP contribution in [0.15, 0.2) is 29.3 Å². The molecule has 26 heavy (non-hydrogen) atoms. The lowest BCUT2D eigenvalue weighted by atomic mass is 9.57. The highest BCUT2D eigenvalue weighted by Gasteiger charge is 2.59. The number of ether oxygens (including phenoxy) is 1. The third-order valence-electron chi connectivity index (χ3n) is 6.31. The van der Waals surface area contributed by atoms with Crippen LogP contribution in [0.4, 0.5) is 0 Å². The van der Waals surface area contributed by atoms with E-state index in [1.54, 1.807) is 0 Å². The fourth-order valence-corrected chi connectivity index (χ4v) is 4.92. The van der Waals surface area contributed by atoms with E-state index in [9.17, 15) is 0 Å². The van der Waals surface area contributed by atoms with Crippen molar-refractivity contribution in [3.8, 4) is 0 Å². The second kappa shape index (κ2) is 6.62. The molecule has 3 N–H and O–H groups in total. The van der Waals surface area contributed by atoms with Gasteiger partial charge >= 0.3 is 0 Å². The van der Waals surface area contributed by atoms with E-state index >= 15 is 0 Å². The van der Waals surface area contributed by atoms with E-state index in [4.69, 9.17) is 4.74 Å². The number of aryl methyl sites for hydroxylation is 1. The Labute approximate surface area is 155 Å². The summed E-state index contributed by atoms with van der Waals surface area (Å²) >= 11 is 0. The average molecular weight is 354 g/mol. The molecule has 4 rings (SSSR count). The normalized spacial score (nSPS) is 27.2. The quantitative estimate of drug-likeness (QED) is 0.584. The average Bonchev–Trinajstić information content (AvgIpc) is 3.21. The molecule has 2 aliphatic rings. The second-order valence-electron chi connectivity index (χ2n) is 8.21. The number of rotatable bonds is 4. The van der Waals surface area contributed by atoms with Gasteiger partial charge in [-0.2, -0.15) is 0 Å². The third kappa shape index (κ3) is 2.78. The Hall–Kier alpha value is -2.01. The number of aromatic nitrogens is 1. The number of benzene rings is 1. The molecule has 1 aliphatic carbocycles. The minimum Gasteiger partial charge on any atom is -0.377 e. The molecule has 1 aliphatic heterocycles. The number of hydrogen-bond donors (Lipinski definition) is 3. The van der Waals surface area contributed by atoms with Crippen molar-refractivity contribution in [2.45, 2.75) is 45.8 Å². The zero-order valence-electron chi connectivity index (χ0n) is 16.2. The van der Waals surface area contributed by atoms with Crippen LogP contribution >= 0.6 is 0 Å². The number of para-hydroxylation sites is 1. The van der Waals surface area contributed by atoms with Gasteiger partial charge in [-0.3, -0.25) is 4.99 Å². The van der Waals surface area contributed by atoms with Crippen LogP contribution in [-0.4, -0.2) is 43.3 Å². The molecule has 1 aromatic carbocycles. The summed E-state index contributed by atoms with van der Waals surface area (Å²) in [4.78, 5) is 7.92. The molecular formula is C21H30N4O. The number of hydrogen-bond acceptors (Lipinski definition) is 2. The van der Waals surface area contributed by atoms with Gasteiger partial charge in [0.1, 0.15) is 0 Å². The predicted molar refractivity (Wildman–Crippen MR) is 107 cm³/mol. The Kier molecular flexibility index (Phi) is 4.43. The highest BCUT2D eigenvalue weighted by molar-refractivity contribution is 5.85. The topological polar surface area (TPSA) is 61.4 Å². The molecule has 0 bridgehead atoms. The summed E-state index contributed by atoms with van der Waals surface area (Å²) in [6.45, 7) is 8.49. The summed E-state index contributed by atoms with van der Waals surface area (Å²) in [5, 5.41) is 8.47. The molecule has 1 aromatic heterocycles. The van der Waals surface area contributed by atoms with Crippen molar-refractivity contribution in [3.05, 3.63) is 35.5 Å². The Morgan fingerprint density at radius 3 is 2.96 bits per heavy atom. The number of nitrogens with one attached hydrogen (secondary N) is 3. The van der Waals surface area contributed by atoms with Crippen molar-refractivity contribution in [1.29, 1.82) is 0 Å². The molecule has 5 heteroatoms. The molecule has 0 amide bonds. The van der Waals surface area contributed by atoms with Crippen molar-refractivity contribution in [2.24, 2.45) is 16.3 Å². The molecule has 2 aromatic rings. The number of nitrogens with zero attached hydrogens (tertiary/aromatic N) is 1. The minimum absolute atomic E-state index is 0.159. The van der Waals surface area contributed by atoms with Crippen LogP contribution in [0.25, 0.3) is 10.9 Å². The van der Waals surface area contributed by atoms with Crippen LogP contribution < -0.4 is 10.6 Å². The number of aromatic amines is 1. The number of guanidine groups is 1. The number of H-pyrrole nitrogens is 1. The van der Waals surface area contributed by atoms with Crippen molar-refractivity contribution < 1.29 is 4.74 Å². The minimum atomic E-state index is 0.159. The predicted octanol–water partition coefficient (Wildman–Crippen LogP) is 3.00. The summed E-state index contributed by atoms with van der Waals surface area (Å²) in [6.07, 6.45) is 2.52. The standard InChI is InChI=1S/C21H30N4O/c1-13-14(15-7-5-6-8-17(15)24-13)9-11-23-20(22-4)25-18-16-10-12-26-19(16)21(18,2)3/h5-8,16,18-19,24H,9-12H2,1-4H3,(H2,22,23,25). The largest absolute Gasteiger partial charge is 0.377 e. The zero-order chi connectivity index (χ0) is 18.3. The van der Waals surface area contributed by atoms with E-state index in [0.717, 1.165) is 32.0 Å². The lowest BCUT2D eigenvalue weighted by Gasteiger charge is -2.54. The first-order chi connectivity index (χ1) is 12.5. The highest BCUT2D eigenvalue weighted by Crippen LogP contribution is 2.52. The molecule has 140 valence electrons. The van der Waals surface area contributed by atoms with Crippen LogP contribution in [0.5, 0.6) is 0 Å². The Balaban J connectivity index is 1.37. The van der Waals surface area contributed by atoms with Crippen molar-refractivity contribution in [2.75, 3.05) is 20.2 Å². The molecule has 3 unspecified atom stereocenters. The van der Waals surface area contributed by atoms with Crippen molar-refractivity contribution >= 4 is 16.9 Å². The van der Waals surface area contributed by atoms with Crippen LogP contribution in [0.3, 0.4) is 0 Å². The van der Waals surface area contributed by atoms with Gasteiger partial charge in [0.2, 0.25) is 0 Å². The fourth-order valence-electron chi connectivity index (χ4n) is 4.92. The SMILES string of the molecule is CN=C(NCCc1c(C)[nH]c2ccccc12)NC1C2CCOC2C1(C)C. The molecule has 5 nitrogen and oxygen atoms in total. The summed E-state index contributed by atoms with van der Waals surface area (Å²) in [5.74, 6) is 1.50. The van der Waals surface area contributed by atoms with E-state index in [0.29, 0.717) is 18.1 Å². The van der Waals surface area contributed by atoms with Gasteiger partial charge in [0, 0.05) is 54.2 Å². The van der Waals surface area contributed by atoms with Crippen LogP contribution in [0.2, 0.25) is 0 Å². The van der Waals surface area contributed by atoms with E-state index in [1.165, 1.54) is 22.2 Å². The van der Waals surface area contributed by atoms with Gasteiger partial charge in [-0.1, -0.05) is 32.0 Å². The Bertz CT molecular complexity index is 823. The fraction of sp³-hybridized carbons (Fsp3) is 0.571. The molecular weight excluding hydrogens is 324 g/mol. The molecule has 2 fully saturated rings. The maximum Gasteiger partial charge on any atom is 0.191 e.